The Hall–Kier alpha value is -2.16. The molecule has 0 aromatic carbocycles. The van der Waals surface area contributed by atoms with Gasteiger partial charge >= 0.3 is 5.97 Å². The second-order valence-electron chi connectivity index (χ2n) is 7.77. The van der Waals surface area contributed by atoms with E-state index in [0.29, 0.717) is 23.5 Å². The van der Waals surface area contributed by atoms with Gasteiger partial charge in [-0.05, 0) is 19.8 Å². The highest BCUT2D eigenvalue weighted by molar-refractivity contribution is 9.09. The SMILES string of the molecule is CCn1ncc2c(NC3CCCCC3)c(C3=NOC(CCBr)(C(=O)O)C3)cnc21. The van der Waals surface area contributed by atoms with Gasteiger partial charge in [0.05, 0.1) is 23.0 Å². The van der Waals surface area contributed by atoms with Gasteiger partial charge in [0.2, 0.25) is 5.60 Å². The number of aryl methyl sites for hydroxylation is 1. The average molecular weight is 464 g/mol. The molecule has 9 heteroatoms. The molecule has 2 aromatic heterocycles. The topological polar surface area (TPSA) is 102 Å². The number of pyridine rings is 1. The normalized spacial score (nSPS) is 22.5. The molecule has 0 bridgehead atoms. The maximum atomic E-state index is 11.9. The van der Waals surface area contributed by atoms with E-state index in [-0.39, 0.29) is 6.42 Å². The molecule has 4 rings (SSSR count). The molecule has 1 saturated carbocycles. The highest BCUT2D eigenvalue weighted by Crippen LogP contribution is 2.36. The average Bonchev–Trinajstić information content (AvgIpc) is 3.34. The van der Waals surface area contributed by atoms with E-state index in [1.807, 2.05) is 17.8 Å². The third kappa shape index (κ3) is 3.72. The number of carbonyl (C=O) groups is 1. The molecule has 0 saturated heterocycles. The van der Waals surface area contributed by atoms with Crippen molar-refractivity contribution in [2.75, 3.05) is 10.6 Å². The molecular formula is C20H26BrN5O3. The van der Waals surface area contributed by atoms with Crippen molar-refractivity contribution in [1.82, 2.24) is 14.8 Å². The Kier molecular flexibility index (Phi) is 5.76. The summed E-state index contributed by atoms with van der Waals surface area (Å²) in [6.07, 6.45) is 10.1. The van der Waals surface area contributed by atoms with Gasteiger partial charge in [-0.25, -0.2) is 14.5 Å². The first kappa shape index (κ1) is 20.1. The third-order valence-electron chi connectivity index (χ3n) is 5.90. The van der Waals surface area contributed by atoms with Crippen LogP contribution in [0.5, 0.6) is 0 Å². The number of carboxylic acid groups (broad SMARTS) is 1. The molecule has 1 aliphatic carbocycles. The molecule has 0 spiro atoms. The summed E-state index contributed by atoms with van der Waals surface area (Å²) < 4.78 is 1.87. The van der Waals surface area contributed by atoms with Crippen molar-refractivity contribution in [2.24, 2.45) is 5.16 Å². The van der Waals surface area contributed by atoms with Crippen LogP contribution >= 0.6 is 15.9 Å². The summed E-state index contributed by atoms with van der Waals surface area (Å²) in [4.78, 5) is 22.0. The lowest BCUT2D eigenvalue weighted by Gasteiger charge is -2.25. The Morgan fingerprint density at radius 3 is 2.86 bits per heavy atom. The van der Waals surface area contributed by atoms with Crippen molar-refractivity contribution < 1.29 is 14.7 Å². The first-order valence-corrected chi connectivity index (χ1v) is 11.4. The second kappa shape index (κ2) is 8.30. The minimum Gasteiger partial charge on any atom is -0.478 e. The van der Waals surface area contributed by atoms with Crippen LogP contribution in [0.2, 0.25) is 0 Å². The summed E-state index contributed by atoms with van der Waals surface area (Å²) in [7, 11) is 0. The Labute approximate surface area is 177 Å². The first-order valence-electron chi connectivity index (χ1n) is 10.2. The highest BCUT2D eigenvalue weighted by Gasteiger charge is 2.47. The van der Waals surface area contributed by atoms with E-state index in [0.717, 1.165) is 41.7 Å². The van der Waals surface area contributed by atoms with Crippen LogP contribution in [0.3, 0.4) is 0 Å². The van der Waals surface area contributed by atoms with Crippen LogP contribution in [-0.2, 0) is 16.2 Å². The number of rotatable bonds is 7. The number of halogens is 1. The maximum Gasteiger partial charge on any atom is 0.351 e. The molecule has 2 N–H and O–H groups in total. The lowest BCUT2D eigenvalue weighted by Crippen LogP contribution is -2.39. The number of oxime groups is 1. The fourth-order valence-corrected chi connectivity index (χ4v) is 4.85. The van der Waals surface area contributed by atoms with Gasteiger partial charge in [-0.3, -0.25) is 0 Å². The number of alkyl halides is 1. The molecule has 1 fully saturated rings. The molecule has 8 nitrogen and oxygen atoms in total. The second-order valence-corrected chi connectivity index (χ2v) is 8.56. The molecular weight excluding hydrogens is 438 g/mol. The number of aromatic nitrogens is 3. The van der Waals surface area contributed by atoms with E-state index >= 15 is 0 Å². The summed E-state index contributed by atoms with van der Waals surface area (Å²) in [5, 5.41) is 23.6. The van der Waals surface area contributed by atoms with Gasteiger partial charge in [0.1, 0.15) is 0 Å². The van der Waals surface area contributed by atoms with Gasteiger partial charge in [0.15, 0.2) is 5.65 Å². The van der Waals surface area contributed by atoms with Crippen LogP contribution in [0.15, 0.2) is 17.5 Å². The predicted octanol–water partition coefficient (Wildman–Crippen LogP) is 3.93. The van der Waals surface area contributed by atoms with E-state index in [1.165, 1.54) is 19.3 Å². The van der Waals surface area contributed by atoms with Crippen molar-refractivity contribution in [2.45, 2.75) is 70.1 Å². The van der Waals surface area contributed by atoms with Crippen LogP contribution in [0.1, 0.15) is 57.4 Å². The number of fused-ring (bicyclic) bond motifs is 1. The molecule has 1 aliphatic heterocycles. The van der Waals surface area contributed by atoms with Crippen LogP contribution in [0.4, 0.5) is 5.69 Å². The number of hydrogen-bond acceptors (Lipinski definition) is 6. The molecule has 1 atom stereocenters. The van der Waals surface area contributed by atoms with E-state index in [9.17, 15) is 9.90 Å². The number of carboxylic acids is 1. The van der Waals surface area contributed by atoms with Crippen molar-refractivity contribution in [3.63, 3.8) is 0 Å². The van der Waals surface area contributed by atoms with Gasteiger partial charge in [0.25, 0.3) is 0 Å². The number of hydrogen-bond donors (Lipinski definition) is 2. The minimum absolute atomic E-state index is 0.211. The highest BCUT2D eigenvalue weighted by atomic mass is 79.9. The van der Waals surface area contributed by atoms with Crippen molar-refractivity contribution >= 4 is 44.3 Å². The maximum absolute atomic E-state index is 11.9. The van der Waals surface area contributed by atoms with Crippen LogP contribution in [0, 0.1) is 0 Å². The molecule has 3 heterocycles. The Morgan fingerprint density at radius 1 is 1.38 bits per heavy atom. The van der Waals surface area contributed by atoms with Gasteiger partial charge in [-0.1, -0.05) is 40.3 Å². The quantitative estimate of drug-likeness (QED) is 0.603. The Bertz CT molecular complexity index is 938. The lowest BCUT2D eigenvalue weighted by molar-refractivity contribution is -0.162. The van der Waals surface area contributed by atoms with E-state index in [4.69, 9.17) is 4.84 Å². The van der Waals surface area contributed by atoms with E-state index < -0.39 is 11.6 Å². The molecule has 2 aliphatic rings. The molecule has 0 amide bonds. The van der Waals surface area contributed by atoms with Crippen LogP contribution in [0.25, 0.3) is 11.0 Å². The van der Waals surface area contributed by atoms with Crippen LogP contribution < -0.4 is 5.32 Å². The monoisotopic (exact) mass is 463 g/mol. The smallest absolute Gasteiger partial charge is 0.351 e. The number of aliphatic carboxylic acids is 1. The Balaban J connectivity index is 1.73. The summed E-state index contributed by atoms with van der Waals surface area (Å²) in [5.41, 5.74) is 1.84. The molecule has 156 valence electrons. The molecule has 29 heavy (non-hydrogen) atoms. The van der Waals surface area contributed by atoms with Gasteiger partial charge in [-0.15, -0.1) is 0 Å². The van der Waals surface area contributed by atoms with E-state index in [1.54, 1.807) is 6.20 Å². The van der Waals surface area contributed by atoms with Crippen molar-refractivity contribution in [3.8, 4) is 0 Å². The molecule has 0 radical (unpaired) electrons. The minimum atomic E-state index is -1.33. The zero-order valence-electron chi connectivity index (χ0n) is 16.5. The molecule has 2 aromatic rings. The van der Waals surface area contributed by atoms with E-state index in [2.05, 4.69) is 36.5 Å². The number of anilines is 1. The summed E-state index contributed by atoms with van der Waals surface area (Å²) >= 11 is 3.33. The number of nitrogens with one attached hydrogen (secondary N) is 1. The lowest BCUT2D eigenvalue weighted by atomic mass is 9.91. The molecule has 1 unspecified atom stereocenters. The van der Waals surface area contributed by atoms with Gasteiger partial charge < -0.3 is 15.3 Å². The van der Waals surface area contributed by atoms with Gasteiger partial charge in [-0.2, -0.15) is 5.10 Å². The third-order valence-corrected chi connectivity index (χ3v) is 6.30. The zero-order valence-corrected chi connectivity index (χ0v) is 18.1. The zero-order chi connectivity index (χ0) is 20.4. The summed E-state index contributed by atoms with van der Waals surface area (Å²) in [5.74, 6) is -0.995. The summed E-state index contributed by atoms with van der Waals surface area (Å²) in [6.45, 7) is 2.77. The standard InChI is InChI=1S/C20H26BrN5O3/c1-2-26-18-15(12-23-26)17(24-13-6-4-3-5-7-13)14(11-22-18)16-10-20(8-9-21,19(27)28)29-25-16/h11-13H,2-10H2,1H3,(H,22,24)(H,27,28). The Morgan fingerprint density at radius 2 is 2.17 bits per heavy atom. The summed E-state index contributed by atoms with van der Waals surface area (Å²) in [6, 6.07) is 0.382. The van der Waals surface area contributed by atoms with Gasteiger partial charge in [0, 0.05) is 42.5 Å². The van der Waals surface area contributed by atoms with Crippen LogP contribution in [-0.4, -0.2) is 48.5 Å². The fraction of sp³-hybridized carbons (Fsp3) is 0.600. The van der Waals surface area contributed by atoms with Crippen molar-refractivity contribution in [3.05, 3.63) is 18.0 Å². The first-order chi connectivity index (χ1) is 14.1. The number of nitrogens with zero attached hydrogens (tertiary/aromatic N) is 4. The largest absolute Gasteiger partial charge is 0.478 e. The van der Waals surface area contributed by atoms with Crippen molar-refractivity contribution in [1.29, 1.82) is 0 Å². The fourth-order valence-electron chi connectivity index (χ4n) is 4.21. The predicted molar refractivity (Wildman–Crippen MR) is 115 cm³/mol.